The van der Waals surface area contributed by atoms with Crippen molar-refractivity contribution in [1.29, 1.82) is 0 Å². The van der Waals surface area contributed by atoms with E-state index in [0.29, 0.717) is 5.75 Å². The smallest absolute Gasteiger partial charge is 0.118 e. The van der Waals surface area contributed by atoms with E-state index in [4.69, 9.17) is 6.42 Å². The average Bonchev–Trinajstić information content (AvgIpc) is 2.62. The highest BCUT2D eigenvalue weighted by Gasteiger charge is 2.03. The molecule has 0 radical (unpaired) electrons. The van der Waals surface area contributed by atoms with Gasteiger partial charge in [0.25, 0.3) is 0 Å². The first-order chi connectivity index (χ1) is 6.42. The van der Waals surface area contributed by atoms with Crippen molar-refractivity contribution in [3.05, 3.63) is 17.8 Å². The molecule has 0 unspecified atom stereocenters. The first kappa shape index (κ1) is 8.54. The lowest BCUT2D eigenvalue weighted by Gasteiger charge is -1.96. The first-order valence-electron chi connectivity index (χ1n) is 3.66. The summed E-state index contributed by atoms with van der Waals surface area (Å²) in [4.78, 5) is 8.33. The van der Waals surface area contributed by atoms with Crippen molar-refractivity contribution < 1.29 is 0 Å². The van der Waals surface area contributed by atoms with Gasteiger partial charge in [-0.1, -0.05) is 17.7 Å². The lowest BCUT2D eigenvalue weighted by Crippen LogP contribution is -1.83. The van der Waals surface area contributed by atoms with Crippen LogP contribution in [0.4, 0.5) is 0 Å². The lowest BCUT2D eigenvalue weighted by molar-refractivity contribution is 1.11. The molecule has 2 heterocycles. The predicted octanol–water partition coefficient (Wildman–Crippen LogP) is 2.42. The molecule has 0 bridgehead atoms. The van der Waals surface area contributed by atoms with Gasteiger partial charge < -0.3 is 0 Å². The van der Waals surface area contributed by atoms with Crippen molar-refractivity contribution in [1.82, 2.24) is 9.97 Å². The van der Waals surface area contributed by atoms with E-state index in [1.54, 1.807) is 29.4 Å². The number of hydrogen-bond acceptors (Lipinski definition) is 4. The normalized spacial score (nSPS) is 10.1. The molecule has 2 rings (SSSR count). The molecule has 0 spiro atoms. The highest BCUT2D eigenvalue weighted by Crippen LogP contribution is 2.28. The molecule has 0 saturated heterocycles. The fraction of sp³-hybridized carbons (Fsp3) is 0.111. The van der Waals surface area contributed by atoms with E-state index in [-0.39, 0.29) is 0 Å². The zero-order chi connectivity index (χ0) is 9.10. The molecule has 0 saturated carbocycles. The molecule has 0 aliphatic rings. The van der Waals surface area contributed by atoms with E-state index in [1.165, 1.54) is 0 Å². The lowest BCUT2D eigenvalue weighted by atomic mass is 10.5. The largest absolute Gasteiger partial charge is 0.235 e. The van der Waals surface area contributed by atoms with E-state index in [9.17, 15) is 0 Å². The number of thioether (sulfide) groups is 1. The maximum Gasteiger partial charge on any atom is 0.118 e. The quantitative estimate of drug-likeness (QED) is 0.429. The molecule has 2 nitrogen and oxygen atoms in total. The molecule has 0 aliphatic heterocycles. The zero-order valence-corrected chi connectivity index (χ0v) is 8.36. The van der Waals surface area contributed by atoms with Crippen molar-refractivity contribution in [3.8, 4) is 12.3 Å². The molecule has 2 aromatic rings. The Morgan fingerprint density at radius 2 is 2.46 bits per heavy atom. The van der Waals surface area contributed by atoms with Crippen molar-refractivity contribution in [2.45, 2.75) is 5.03 Å². The number of aromatic nitrogens is 2. The summed E-state index contributed by atoms with van der Waals surface area (Å²) in [6.45, 7) is 0. The van der Waals surface area contributed by atoms with Crippen LogP contribution < -0.4 is 0 Å². The third-order valence-corrected chi connectivity index (χ3v) is 3.44. The number of terminal acetylenes is 1. The zero-order valence-electron chi connectivity index (χ0n) is 6.73. The van der Waals surface area contributed by atoms with E-state index in [2.05, 4.69) is 15.9 Å². The van der Waals surface area contributed by atoms with E-state index >= 15 is 0 Å². The van der Waals surface area contributed by atoms with E-state index < -0.39 is 0 Å². The van der Waals surface area contributed by atoms with Gasteiger partial charge in [0.15, 0.2) is 0 Å². The van der Waals surface area contributed by atoms with Crippen molar-refractivity contribution in [2.75, 3.05) is 5.75 Å². The van der Waals surface area contributed by atoms with Gasteiger partial charge in [-0.25, -0.2) is 9.97 Å². The Hall–Kier alpha value is -1.05. The summed E-state index contributed by atoms with van der Waals surface area (Å²) in [5.74, 6) is 3.24. The van der Waals surface area contributed by atoms with Crippen LogP contribution in [-0.2, 0) is 0 Å². The van der Waals surface area contributed by atoms with Gasteiger partial charge in [0.1, 0.15) is 11.4 Å². The molecular weight excluding hydrogens is 200 g/mol. The Balaban J connectivity index is 2.44. The molecule has 0 atom stereocenters. The topological polar surface area (TPSA) is 25.8 Å². The molecule has 2 aromatic heterocycles. The van der Waals surface area contributed by atoms with Gasteiger partial charge in [0.2, 0.25) is 0 Å². The van der Waals surface area contributed by atoms with Gasteiger partial charge in [-0.15, -0.1) is 17.8 Å². The summed E-state index contributed by atoms with van der Waals surface area (Å²) in [5, 5.41) is 3.00. The van der Waals surface area contributed by atoms with Crippen LogP contribution in [0.2, 0.25) is 0 Å². The van der Waals surface area contributed by atoms with Crippen LogP contribution in [-0.4, -0.2) is 15.7 Å². The van der Waals surface area contributed by atoms with Gasteiger partial charge in [0, 0.05) is 0 Å². The summed E-state index contributed by atoms with van der Waals surface area (Å²) < 4.78 is 1.13. The van der Waals surface area contributed by atoms with Crippen LogP contribution in [0.5, 0.6) is 0 Å². The Morgan fingerprint density at radius 3 is 3.31 bits per heavy atom. The number of hydrogen-bond donors (Lipinski definition) is 0. The highest BCUT2D eigenvalue weighted by molar-refractivity contribution is 7.99. The molecule has 0 aromatic carbocycles. The van der Waals surface area contributed by atoms with Gasteiger partial charge in [-0.3, -0.25) is 0 Å². The van der Waals surface area contributed by atoms with Crippen molar-refractivity contribution in [3.63, 3.8) is 0 Å². The number of nitrogens with zero attached hydrogens (tertiary/aromatic N) is 2. The van der Waals surface area contributed by atoms with Crippen LogP contribution in [0.15, 0.2) is 22.8 Å². The monoisotopic (exact) mass is 206 g/mol. The predicted molar refractivity (Wildman–Crippen MR) is 57.0 cm³/mol. The second-order valence-corrected chi connectivity index (χ2v) is 4.19. The van der Waals surface area contributed by atoms with Crippen LogP contribution in [0.25, 0.3) is 10.2 Å². The minimum atomic E-state index is 0.657. The second kappa shape index (κ2) is 3.77. The fourth-order valence-corrected chi connectivity index (χ4v) is 2.61. The third kappa shape index (κ3) is 1.67. The van der Waals surface area contributed by atoms with Gasteiger partial charge in [-0.05, 0) is 11.4 Å². The maximum atomic E-state index is 5.18. The van der Waals surface area contributed by atoms with Gasteiger partial charge >= 0.3 is 0 Å². The summed E-state index contributed by atoms with van der Waals surface area (Å²) in [7, 11) is 0. The summed E-state index contributed by atoms with van der Waals surface area (Å²) >= 11 is 3.23. The first-order valence-corrected chi connectivity index (χ1v) is 5.53. The minimum Gasteiger partial charge on any atom is -0.235 e. The number of fused-ring (bicyclic) bond motifs is 1. The molecule has 13 heavy (non-hydrogen) atoms. The SMILES string of the molecule is C#CCSc1ncnc2ccsc12. The molecule has 0 N–H and O–H groups in total. The summed E-state index contributed by atoms with van der Waals surface area (Å²) in [6, 6.07) is 1.99. The Morgan fingerprint density at radius 1 is 1.54 bits per heavy atom. The average molecular weight is 206 g/mol. The number of thiophene rings is 1. The maximum absolute atomic E-state index is 5.18. The third-order valence-electron chi connectivity index (χ3n) is 1.50. The van der Waals surface area contributed by atoms with Crippen LogP contribution in [0.1, 0.15) is 0 Å². The fourth-order valence-electron chi connectivity index (χ4n) is 0.979. The molecule has 0 aliphatic carbocycles. The van der Waals surface area contributed by atoms with Crippen LogP contribution in [0.3, 0.4) is 0 Å². The Kier molecular flexibility index (Phi) is 2.48. The van der Waals surface area contributed by atoms with E-state index in [1.807, 2.05) is 11.4 Å². The summed E-state index contributed by atoms with van der Waals surface area (Å²) in [6.07, 6.45) is 6.76. The van der Waals surface area contributed by atoms with Crippen LogP contribution >= 0.6 is 23.1 Å². The van der Waals surface area contributed by atoms with E-state index in [0.717, 1.165) is 15.2 Å². The highest BCUT2D eigenvalue weighted by atomic mass is 32.2. The van der Waals surface area contributed by atoms with Crippen LogP contribution in [0, 0.1) is 12.3 Å². The molecule has 0 amide bonds. The van der Waals surface area contributed by atoms with Gasteiger partial charge in [0.05, 0.1) is 16.0 Å². The second-order valence-electron chi connectivity index (χ2n) is 2.31. The minimum absolute atomic E-state index is 0.657. The molecule has 4 heteroatoms. The number of rotatable bonds is 2. The van der Waals surface area contributed by atoms with Gasteiger partial charge in [-0.2, -0.15) is 0 Å². The Bertz CT molecular complexity index is 456. The van der Waals surface area contributed by atoms with Crippen molar-refractivity contribution >= 4 is 33.3 Å². The molecule has 64 valence electrons. The molecule has 0 fully saturated rings. The molecular formula is C9H6N2S2. The Labute approximate surface area is 84.4 Å². The summed E-state index contributed by atoms with van der Waals surface area (Å²) in [5.41, 5.74) is 1.000. The van der Waals surface area contributed by atoms with Crippen molar-refractivity contribution in [2.24, 2.45) is 0 Å². The standard InChI is InChI=1S/C9H6N2S2/c1-2-4-13-9-8-7(3-5-12-8)10-6-11-9/h1,3,5-6H,4H2.